The Morgan fingerprint density at radius 2 is 1.22 bits per heavy atom. The van der Waals surface area contributed by atoms with Crippen molar-refractivity contribution in [1.82, 2.24) is 0 Å². The van der Waals surface area contributed by atoms with Gasteiger partial charge in [-0.15, -0.1) is 0 Å². The van der Waals surface area contributed by atoms with Crippen molar-refractivity contribution >= 4 is 49.6 Å². The topological polar surface area (TPSA) is 93.8 Å². The van der Waals surface area contributed by atoms with Gasteiger partial charge < -0.3 is 34.2 Å². The van der Waals surface area contributed by atoms with Crippen LogP contribution in [-0.2, 0) is 18.9 Å². The number of rotatable bonds is 13. The second kappa shape index (κ2) is 22.4. The van der Waals surface area contributed by atoms with Gasteiger partial charge in [0.25, 0.3) is 6.48 Å². The Hall–Kier alpha value is -1.85. The first-order valence-corrected chi connectivity index (χ1v) is 13.5. The van der Waals surface area contributed by atoms with Crippen LogP contribution in [0.3, 0.4) is 0 Å². The smallest absolute Gasteiger partial charge is 0.271 e. The van der Waals surface area contributed by atoms with Crippen molar-refractivity contribution in [3.05, 3.63) is 45.3 Å². The summed E-state index contributed by atoms with van der Waals surface area (Å²) in [6, 6.07) is 11.2. The highest BCUT2D eigenvalue weighted by molar-refractivity contribution is 9.10. The Labute approximate surface area is 232 Å². The number of benzene rings is 2. The van der Waals surface area contributed by atoms with E-state index < -0.39 is 6.48 Å². The quantitative estimate of drug-likeness (QED) is 0.106. The molecule has 2 aromatic rings. The third-order valence-electron chi connectivity index (χ3n) is 3.82. The van der Waals surface area contributed by atoms with E-state index in [0.717, 1.165) is 31.8 Å². The predicted molar refractivity (Wildman–Crippen MR) is 153 cm³/mol. The van der Waals surface area contributed by atoms with E-state index in [0.29, 0.717) is 39.6 Å². The van der Waals surface area contributed by atoms with Gasteiger partial charge >= 0.3 is 0 Å². The van der Waals surface area contributed by atoms with E-state index in [2.05, 4.69) is 36.9 Å². The van der Waals surface area contributed by atoms with Gasteiger partial charge in [0, 0.05) is 37.6 Å². The van der Waals surface area contributed by atoms with Crippen molar-refractivity contribution < 1.29 is 28.4 Å². The summed E-state index contributed by atoms with van der Waals surface area (Å²) in [6.07, 6.45) is 1.44. The van der Waals surface area contributed by atoms with Gasteiger partial charge in [-0.3, -0.25) is 0 Å². The van der Waals surface area contributed by atoms with Crippen LogP contribution in [-0.4, -0.2) is 52.5 Å². The first-order chi connectivity index (χ1) is 17.4. The largest absolute Gasteiger partial charge is 0.493 e. The minimum atomic E-state index is -0.472. The van der Waals surface area contributed by atoms with Gasteiger partial charge in [0.05, 0.1) is 34.5 Å². The number of nitrogen functional groups attached to an aromatic ring is 1. The SMILES string of the molecule is CCOC(OCC)OCC.CCOC=Nc1ccc(Br)c(OCC)c1.CCOc1cc(N)ccc1Br. The fourth-order valence-corrected chi connectivity index (χ4v) is 3.07. The summed E-state index contributed by atoms with van der Waals surface area (Å²) < 4.78 is 32.8. The molecule has 0 saturated carbocycles. The van der Waals surface area contributed by atoms with E-state index in [1.807, 2.05) is 71.9 Å². The highest BCUT2D eigenvalue weighted by Crippen LogP contribution is 2.29. The van der Waals surface area contributed by atoms with Crippen LogP contribution in [0.15, 0.2) is 50.3 Å². The maximum absolute atomic E-state index is 5.56. The molecule has 0 bridgehead atoms. The number of nitrogens with two attached hydrogens (primary N) is 1. The fraction of sp³-hybridized carbons (Fsp3) is 0.500. The van der Waals surface area contributed by atoms with Gasteiger partial charge in [-0.25, -0.2) is 4.99 Å². The number of halogens is 2. The van der Waals surface area contributed by atoms with Gasteiger partial charge in [-0.05, 0) is 97.7 Å². The van der Waals surface area contributed by atoms with E-state index in [1.165, 1.54) is 6.40 Å². The zero-order valence-corrected chi connectivity index (χ0v) is 25.3. The molecule has 10 heteroatoms. The van der Waals surface area contributed by atoms with Gasteiger partial charge in [0.2, 0.25) is 0 Å². The lowest BCUT2D eigenvalue weighted by Crippen LogP contribution is -2.20. The summed E-state index contributed by atoms with van der Waals surface area (Å²) in [6.45, 7) is 14.8. The molecule has 0 unspecified atom stereocenters. The number of anilines is 1. The molecule has 0 aliphatic carbocycles. The molecular formula is C26H40Br2N2O6. The van der Waals surface area contributed by atoms with Crippen molar-refractivity contribution in [3.63, 3.8) is 0 Å². The average molecular weight is 636 g/mol. The predicted octanol–water partition coefficient (Wildman–Crippen LogP) is 7.35. The number of nitrogens with zero attached hydrogens (tertiary/aromatic N) is 1. The molecule has 0 aliphatic heterocycles. The lowest BCUT2D eigenvalue weighted by Gasteiger charge is -2.15. The molecule has 2 N–H and O–H groups in total. The minimum absolute atomic E-state index is 0.472. The Morgan fingerprint density at radius 3 is 1.69 bits per heavy atom. The molecule has 2 rings (SSSR count). The molecule has 0 aliphatic rings. The number of hydrogen-bond donors (Lipinski definition) is 1. The summed E-state index contributed by atoms with van der Waals surface area (Å²) in [5.74, 6) is 1.59. The van der Waals surface area contributed by atoms with Crippen molar-refractivity contribution in [2.45, 2.75) is 48.0 Å². The average Bonchev–Trinajstić information content (AvgIpc) is 2.85. The summed E-state index contributed by atoms with van der Waals surface area (Å²) in [4.78, 5) is 4.13. The van der Waals surface area contributed by atoms with Crippen LogP contribution in [0.4, 0.5) is 11.4 Å². The second-order valence-corrected chi connectivity index (χ2v) is 8.22. The maximum Gasteiger partial charge on any atom is 0.271 e. The van der Waals surface area contributed by atoms with Crippen molar-refractivity contribution in [1.29, 1.82) is 0 Å². The monoisotopic (exact) mass is 634 g/mol. The number of aliphatic imine (C=N–C) groups is 1. The zero-order valence-electron chi connectivity index (χ0n) is 22.1. The maximum atomic E-state index is 5.56. The summed E-state index contributed by atoms with van der Waals surface area (Å²) >= 11 is 6.76. The molecule has 0 atom stereocenters. The molecular weight excluding hydrogens is 596 g/mol. The molecule has 2 aromatic carbocycles. The van der Waals surface area contributed by atoms with Gasteiger partial charge in [-0.2, -0.15) is 0 Å². The van der Waals surface area contributed by atoms with Crippen LogP contribution in [0.25, 0.3) is 0 Å². The Kier molecular flexibility index (Phi) is 21.2. The van der Waals surface area contributed by atoms with E-state index in [-0.39, 0.29) is 0 Å². The van der Waals surface area contributed by atoms with E-state index in [4.69, 9.17) is 34.2 Å². The highest BCUT2D eigenvalue weighted by atomic mass is 79.9. The molecule has 0 spiro atoms. The number of ether oxygens (including phenoxy) is 6. The summed E-state index contributed by atoms with van der Waals surface area (Å²) in [7, 11) is 0. The van der Waals surface area contributed by atoms with E-state index in [1.54, 1.807) is 6.07 Å². The zero-order chi connectivity index (χ0) is 27.2. The van der Waals surface area contributed by atoms with Crippen LogP contribution in [0, 0.1) is 0 Å². The highest BCUT2D eigenvalue weighted by Gasteiger charge is 2.04. The molecule has 36 heavy (non-hydrogen) atoms. The molecule has 0 aromatic heterocycles. The summed E-state index contributed by atoms with van der Waals surface area (Å²) in [5, 5.41) is 0. The van der Waals surface area contributed by atoms with Crippen LogP contribution in [0.5, 0.6) is 11.5 Å². The first kappa shape index (κ1) is 34.1. The molecule has 0 saturated heterocycles. The van der Waals surface area contributed by atoms with E-state index in [9.17, 15) is 0 Å². The third-order valence-corrected chi connectivity index (χ3v) is 5.13. The Morgan fingerprint density at radius 1 is 0.722 bits per heavy atom. The first-order valence-electron chi connectivity index (χ1n) is 12.0. The fourth-order valence-electron chi connectivity index (χ4n) is 2.35. The molecule has 204 valence electrons. The lowest BCUT2D eigenvalue weighted by molar-refractivity contribution is -0.282. The Bertz CT molecular complexity index is 841. The molecule has 8 nitrogen and oxygen atoms in total. The van der Waals surface area contributed by atoms with Crippen molar-refractivity contribution in [3.8, 4) is 11.5 Å². The Balaban J connectivity index is 0.000000525. The molecule has 0 fully saturated rings. The van der Waals surface area contributed by atoms with Gasteiger partial charge in [0.1, 0.15) is 11.5 Å². The van der Waals surface area contributed by atoms with Crippen molar-refractivity contribution in [2.75, 3.05) is 45.4 Å². The molecule has 0 amide bonds. The van der Waals surface area contributed by atoms with Crippen LogP contribution < -0.4 is 15.2 Å². The minimum Gasteiger partial charge on any atom is -0.493 e. The van der Waals surface area contributed by atoms with Crippen LogP contribution >= 0.6 is 31.9 Å². The van der Waals surface area contributed by atoms with Crippen LogP contribution in [0.2, 0.25) is 0 Å². The van der Waals surface area contributed by atoms with Gasteiger partial charge in [-0.1, -0.05) is 0 Å². The summed E-state index contributed by atoms with van der Waals surface area (Å²) in [5.41, 5.74) is 7.09. The van der Waals surface area contributed by atoms with Crippen LogP contribution in [0.1, 0.15) is 41.5 Å². The lowest BCUT2D eigenvalue weighted by atomic mass is 10.3. The van der Waals surface area contributed by atoms with Crippen molar-refractivity contribution in [2.24, 2.45) is 4.99 Å². The van der Waals surface area contributed by atoms with Gasteiger partial charge in [0.15, 0.2) is 6.40 Å². The van der Waals surface area contributed by atoms with E-state index >= 15 is 0 Å². The third kappa shape index (κ3) is 16.0. The molecule has 0 radical (unpaired) electrons. The normalized spacial score (nSPS) is 10.4. The second-order valence-electron chi connectivity index (χ2n) is 6.52. The number of hydrogen-bond acceptors (Lipinski definition) is 8. The molecule has 0 heterocycles. The standard InChI is InChI=1S/C11H14BrNO2.C8H10BrNO.C7H16O3/c1-3-14-8-13-9-5-6-10(12)11(7-9)15-4-2;1-2-11-8-5-6(10)3-4-7(8)9;1-4-8-7(9-5-2)10-6-3/h5-8H,3-4H2,1-2H3;3-5H,2,10H2,1H3;7H,4-6H2,1-3H3.